The van der Waals surface area contributed by atoms with Crippen LogP contribution < -0.4 is 11.1 Å². The second-order valence-electron chi connectivity index (χ2n) is 5.86. The number of nitrogens with two attached hydrogens (primary N) is 1. The highest BCUT2D eigenvalue weighted by Gasteiger charge is 2.22. The molecule has 0 bridgehead atoms. The predicted octanol–water partition coefficient (Wildman–Crippen LogP) is 2.80. The van der Waals surface area contributed by atoms with E-state index >= 15 is 0 Å². The molecule has 9 heteroatoms. The van der Waals surface area contributed by atoms with Crippen LogP contribution in [0.2, 0.25) is 5.28 Å². The summed E-state index contributed by atoms with van der Waals surface area (Å²) in [6, 6.07) is 1.31. The number of rotatable bonds is 5. The molecular formula is C16H17ClF2N6. The number of halogens is 3. The third-order valence-corrected chi connectivity index (χ3v) is 4.05. The number of aromatic nitrogens is 4. The van der Waals surface area contributed by atoms with Gasteiger partial charge in [0.15, 0.2) is 5.82 Å². The zero-order valence-corrected chi connectivity index (χ0v) is 14.5. The van der Waals surface area contributed by atoms with Crippen LogP contribution in [0.25, 0.3) is 11.0 Å². The summed E-state index contributed by atoms with van der Waals surface area (Å²) in [4.78, 5) is 11.9. The van der Waals surface area contributed by atoms with Crippen molar-refractivity contribution in [3.63, 3.8) is 0 Å². The van der Waals surface area contributed by atoms with Gasteiger partial charge in [0.25, 0.3) is 0 Å². The molecule has 0 amide bonds. The number of pyridine rings is 1. The van der Waals surface area contributed by atoms with E-state index in [9.17, 15) is 8.78 Å². The smallest absolute Gasteiger partial charge is 0.226 e. The van der Waals surface area contributed by atoms with E-state index in [0.717, 1.165) is 6.20 Å². The molecule has 3 aromatic heterocycles. The Balaban J connectivity index is 2.04. The second-order valence-corrected chi connectivity index (χ2v) is 6.20. The van der Waals surface area contributed by atoms with Gasteiger partial charge in [0.2, 0.25) is 5.28 Å². The number of aryl methyl sites for hydroxylation is 1. The number of nitrogens with one attached hydrogen (secondary N) is 1. The largest absolute Gasteiger partial charge is 0.365 e. The first-order valence-electron chi connectivity index (χ1n) is 7.66. The van der Waals surface area contributed by atoms with E-state index in [2.05, 4.69) is 20.3 Å². The molecule has 0 fully saturated rings. The minimum atomic E-state index is -0.461. The van der Waals surface area contributed by atoms with Gasteiger partial charge in [-0.2, -0.15) is 9.97 Å². The number of fused-ring (bicyclic) bond motifs is 1. The molecule has 0 aliphatic heterocycles. The number of hydrogen-bond donors (Lipinski definition) is 2. The van der Waals surface area contributed by atoms with Gasteiger partial charge in [0.05, 0.1) is 17.3 Å². The highest BCUT2D eigenvalue weighted by molar-refractivity contribution is 6.28. The minimum absolute atomic E-state index is 0.0295. The van der Waals surface area contributed by atoms with Crippen LogP contribution in [0.3, 0.4) is 0 Å². The van der Waals surface area contributed by atoms with Gasteiger partial charge in [-0.3, -0.25) is 4.98 Å². The van der Waals surface area contributed by atoms with Gasteiger partial charge < -0.3 is 15.6 Å². The Labute approximate surface area is 148 Å². The zero-order chi connectivity index (χ0) is 18.1. The number of anilines is 1. The molecule has 0 radical (unpaired) electrons. The fraction of sp³-hybridized carbons (Fsp3) is 0.312. The Morgan fingerprint density at radius 3 is 2.80 bits per heavy atom. The van der Waals surface area contributed by atoms with Crippen LogP contribution in [0, 0.1) is 11.6 Å². The van der Waals surface area contributed by atoms with Crippen LogP contribution >= 0.6 is 11.6 Å². The third-order valence-electron chi connectivity index (χ3n) is 3.88. The highest BCUT2D eigenvalue weighted by Crippen LogP contribution is 2.30. The average molecular weight is 367 g/mol. The number of hydrogen-bond acceptors (Lipinski definition) is 5. The van der Waals surface area contributed by atoms with Crippen LogP contribution in [0.5, 0.6) is 0 Å². The quantitative estimate of drug-likeness (QED) is 0.678. The molecule has 1 atom stereocenters. The molecule has 25 heavy (non-hydrogen) atoms. The molecule has 3 rings (SSSR count). The Morgan fingerprint density at radius 2 is 2.12 bits per heavy atom. The van der Waals surface area contributed by atoms with Gasteiger partial charge >= 0.3 is 0 Å². The Morgan fingerprint density at radius 1 is 1.36 bits per heavy atom. The van der Waals surface area contributed by atoms with E-state index in [0.29, 0.717) is 23.3 Å². The van der Waals surface area contributed by atoms with Gasteiger partial charge in [-0.25, -0.2) is 8.78 Å². The normalized spacial score (nSPS) is 12.6. The number of nitrogens with zero attached hydrogens (tertiary/aromatic N) is 4. The van der Waals surface area contributed by atoms with E-state index in [-0.39, 0.29) is 29.1 Å². The van der Waals surface area contributed by atoms with Crippen molar-refractivity contribution < 1.29 is 8.78 Å². The van der Waals surface area contributed by atoms with Gasteiger partial charge in [-0.15, -0.1) is 0 Å². The van der Waals surface area contributed by atoms with Crippen LogP contribution in [0.1, 0.15) is 18.2 Å². The Kier molecular flexibility index (Phi) is 4.82. The summed E-state index contributed by atoms with van der Waals surface area (Å²) in [6.07, 6.45) is 2.94. The topological polar surface area (TPSA) is 81.7 Å². The summed E-state index contributed by atoms with van der Waals surface area (Å²) in [5.74, 6) is -0.711. The molecule has 1 unspecified atom stereocenters. The molecular weight excluding hydrogens is 350 g/mol. The molecule has 0 spiro atoms. The molecule has 6 nitrogen and oxygen atoms in total. The SMILES string of the molecule is CC(N)Cc1c(F)c2c(NCc3ccncc3F)nc(Cl)nc2n1C. The molecule has 0 saturated carbocycles. The zero-order valence-electron chi connectivity index (χ0n) is 13.7. The summed E-state index contributed by atoms with van der Waals surface area (Å²) >= 11 is 5.97. The average Bonchev–Trinajstić information content (AvgIpc) is 2.78. The van der Waals surface area contributed by atoms with Gasteiger partial charge in [0, 0.05) is 37.8 Å². The lowest BCUT2D eigenvalue weighted by Gasteiger charge is -2.08. The van der Waals surface area contributed by atoms with Crippen LogP contribution in [-0.2, 0) is 20.0 Å². The lowest BCUT2D eigenvalue weighted by Crippen LogP contribution is -2.20. The van der Waals surface area contributed by atoms with E-state index < -0.39 is 11.6 Å². The monoisotopic (exact) mass is 366 g/mol. The molecule has 3 aromatic rings. The van der Waals surface area contributed by atoms with Crippen LogP contribution in [0.4, 0.5) is 14.6 Å². The van der Waals surface area contributed by atoms with Crippen LogP contribution in [0.15, 0.2) is 18.5 Å². The summed E-state index contributed by atoms with van der Waals surface area (Å²) in [5, 5.41) is 3.11. The Hall–Kier alpha value is -2.32. The van der Waals surface area contributed by atoms with E-state index in [4.69, 9.17) is 17.3 Å². The molecule has 132 valence electrons. The summed E-state index contributed by atoms with van der Waals surface area (Å²) in [5.41, 5.74) is 6.95. The maximum absolute atomic E-state index is 14.9. The molecule has 0 aliphatic rings. The summed E-state index contributed by atoms with van der Waals surface area (Å²) < 4.78 is 30.3. The first kappa shape index (κ1) is 17.5. The third kappa shape index (κ3) is 3.40. The molecule has 3 N–H and O–H groups in total. The minimum Gasteiger partial charge on any atom is -0.365 e. The van der Waals surface area contributed by atoms with Crippen molar-refractivity contribution in [3.05, 3.63) is 46.6 Å². The molecule has 0 aliphatic carbocycles. The first-order valence-corrected chi connectivity index (χ1v) is 8.04. The maximum Gasteiger partial charge on any atom is 0.226 e. The van der Waals surface area contributed by atoms with Gasteiger partial charge in [-0.05, 0) is 24.6 Å². The lowest BCUT2D eigenvalue weighted by atomic mass is 10.2. The van der Waals surface area contributed by atoms with Crippen molar-refractivity contribution in [2.45, 2.75) is 25.9 Å². The molecule has 0 saturated heterocycles. The Bertz CT molecular complexity index is 925. The predicted molar refractivity (Wildman–Crippen MR) is 92.4 cm³/mol. The van der Waals surface area contributed by atoms with E-state index in [1.165, 1.54) is 12.3 Å². The van der Waals surface area contributed by atoms with Crippen molar-refractivity contribution >= 4 is 28.5 Å². The van der Waals surface area contributed by atoms with Crippen molar-refractivity contribution in [3.8, 4) is 0 Å². The van der Waals surface area contributed by atoms with Crippen molar-refractivity contribution in [1.82, 2.24) is 19.5 Å². The summed E-state index contributed by atoms with van der Waals surface area (Å²) in [7, 11) is 1.69. The summed E-state index contributed by atoms with van der Waals surface area (Å²) in [6.45, 7) is 1.90. The fourth-order valence-electron chi connectivity index (χ4n) is 2.67. The standard InChI is InChI=1S/C16H17ClF2N6/c1-8(20)5-11-13(19)12-14(23-16(17)24-15(12)25(11)2)22-6-9-3-4-21-7-10(9)18/h3-4,7-8H,5-6,20H2,1-2H3,(H,22,23,24). The first-order chi connectivity index (χ1) is 11.9. The van der Waals surface area contributed by atoms with E-state index in [1.807, 2.05) is 0 Å². The van der Waals surface area contributed by atoms with Gasteiger partial charge in [0.1, 0.15) is 17.3 Å². The van der Waals surface area contributed by atoms with E-state index in [1.54, 1.807) is 18.5 Å². The second kappa shape index (κ2) is 6.89. The fourth-order valence-corrected chi connectivity index (χ4v) is 2.84. The van der Waals surface area contributed by atoms with Crippen molar-refractivity contribution in [2.24, 2.45) is 12.8 Å². The highest BCUT2D eigenvalue weighted by atomic mass is 35.5. The maximum atomic E-state index is 14.9. The van der Waals surface area contributed by atoms with Crippen molar-refractivity contribution in [2.75, 3.05) is 5.32 Å². The van der Waals surface area contributed by atoms with Gasteiger partial charge in [-0.1, -0.05) is 0 Å². The molecule has 3 heterocycles. The lowest BCUT2D eigenvalue weighted by molar-refractivity contribution is 0.586. The van der Waals surface area contributed by atoms with Crippen LogP contribution in [-0.4, -0.2) is 25.6 Å². The van der Waals surface area contributed by atoms with Crippen molar-refractivity contribution in [1.29, 1.82) is 0 Å². The molecule has 0 aromatic carbocycles.